The first-order valence-corrected chi connectivity index (χ1v) is 10.0. The van der Waals surface area contributed by atoms with Crippen molar-refractivity contribution in [3.05, 3.63) is 41.4 Å². The number of carbonyl (C=O) groups is 1. The average Bonchev–Trinajstić information content (AvgIpc) is 3.08. The molecule has 26 heavy (non-hydrogen) atoms. The van der Waals surface area contributed by atoms with E-state index in [1.54, 1.807) is 24.9 Å². The summed E-state index contributed by atoms with van der Waals surface area (Å²) >= 11 is 6.12. The molecule has 1 N–H and O–H groups in total. The standard InChI is InChI=1S/C16H22ClN5O3S/c1-4-22(5-2)26(24,25)13-6-7-15(17)14(8-13)16(23)20-12(3)9-21-11-18-10-19-21/h6-8,10-12H,4-5,9H2,1-3H3,(H,20,23). The van der Waals surface area contributed by atoms with Crippen LogP contribution in [0.25, 0.3) is 0 Å². The number of aromatic nitrogens is 3. The van der Waals surface area contributed by atoms with Crippen LogP contribution in [0.1, 0.15) is 31.1 Å². The minimum absolute atomic E-state index is 0.0414. The highest BCUT2D eigenvalue weighted by atomic mass is 35.5. The minimum Gasteiger partial charge on any atom is -0.348 e. The molecule has 1 heterocycles. The second kappa shape index (κ2) is 8.61. The molecule has 1 aromatic heterocycles. The van der Waals surface area contributed by atoms with Gasteiger partial charge in [0.2, 0.25) is 10.0 Å². The molecule has 2 rings (SSSR count). The predicted molar refractivity (Wildman–Crippen MR) is 98.5 cm³/mol. The highest BCUT2D eigenvalue weighted by Gasteiger charge is 2.24. The maximum atomic E-state index is 12.6. The van der Waals surface area contributed by atoms with E-state index in [2.05, 4.69) is 15.4 Å². The molecule has 0 aliphatic rings. The molecular weight excluding hydrogens is 378 g/mol. The van der Waals surface area contributed by atoms with E-state index in [9.17, 15) is 13.2 Å². The van der Waals surface area contributed by atoms with Gasteiger partial charge in [-0.25, -0.2) is 13.4 Å². The number of amides is 1. The number of carbonyl (C=O) groups excluding carboxylic acids is 1. The Hall–Kier alpha value is -1.97. The van der Waals surface area contributed by atoms with E-state index in [-0.39, 0.29) is 21.5 Å². The molecule has 1 atom stereocenters. The molecule has 142 valence electrons. The second-order valence-corrected chi connectivity index (χ2v) is 8.07. The third kappa shape index (κ3) is 4.60. The molecule has 0 saturated carbocycles. The molecule has 0 bridgehead atoms. The summed E-state index contributed by atoms with van der Waals surface area (Å²) in [7, 11) is -3.67. The van der Waals surface area contributed by atoms with E-state index < -0.39 is 15.9 Å². The summed E-state index contributed by atoms with van der Waals surface area (Å²) in [5.41, 5.74) is 0.116. The van der Waals surface area contributed by atoms with Crippen LogP contribution in [0, 0.1) is 0 Å². The van der Waals surface area contributed by atoms with Gasteiger partial charge in [0.05, 0.1) is 22.0 Å². The van der Waals surface area contributed by atoms with Gasteiger partial charge in [-0.3, -0.25) is 9.48 Å². The molecule has 0 aliphatic carbocycles. The predicted octanol–water partition coefficient (Wildman–Crippen LogP) is 1.78. The molecule has 0 saturated heterocycles. The fourth-order valence-corrected chi connectivity index (χ4v) is 4.19. The number of hydrogen-bond donors (Lipinski definition) is 1. The molecule has 1 unspecified atom stereocenters. The molecule has 8 nitrogen and oxygen atoms in total. The van der Waals surface area contributed by atoms with Crippen LogP contribution in [0.2, 0.25) is 5.02 Å². The lowest BCUT2D eigenvalue weighted by atomic mass is 10.2. The van der Waals surface area contributed by atoms with Crippen LogP contribution in [0.4, 0.5) is 0 Å². The van der Waals surface area contributed by atoms with Crippen LogP contribution < -0.4 is 5.32 Å². The summed E-state index contributed by atoms with van der Waals surface area (Å²) in [5.74, 6) is -0.445. The smallest absolute Gasteiger partial charge is 0.253 e. The number of hydrogen-bond acceptors (Lipinski definition) is 5. The number of rotatable bonds is 8. The van der Waals surface area contributed by atoms with E-state index in [1.807, 2.05) is 6.92 Å². The Morgan fingerprint density at radius 1 is 1.35 bits per heavy atom. The van der Waals surface area contributed by atoms with Gasteiger partial charge in [-0.15, -0.1) is 0 Å². The third-order valence-electron chi connectivity index (χ3n) is 3.83. The lowest BCUT2D eigenvalue weighted by Crippen LogP contribution is -2.36. The number of nitrogens with zero attached hydrogens (tertiary/aromatic N) is 4. The zero-order valence-electron chi connectivity index (χ0n) is 14.9. The van der Waals surface area contributed by atoms with Gasteiger partial charge in [-0.2, -0.15) is 9.40 Å². The first-order valence-electron chi connectivity index (χ1n) is 8.22. The number of nitrogens with one attached hydrogen (secondary N) is 1. The largest absolute Gasteiger partial charge is 0.348 e. The van der Waals surface area contributed by atoms with E-state index in [4.69, 9.17) is 11.6 Å². The van der Waals surface area contributed by atoms with Crippen molar-refractivity contribution in [3.8, 4) is 0 Å². The van der Waals surface area contributed by atoms with Crippen LogP contribution in [0.15, 0.2) is 35.7 Å². The minimum atomic E-state index is -3.67. The van der Waals surface area contributed by atoms with E-state index in [1.165, 1.54) is 28.8 Å². The van der Waals surface area contributed by atoms with Crippen molar-refractivity contribution >= 4 is 27.5 Å². The van der Waals surface area contributed by atoms with Gasteiger partial charge in [0.15, 0.2) is 0 Å². The second-order valence-electron chi connectivity index (χ2n) is 5.72. The fraction of sp³-hybridized carbons (Fsp3) is 0.438. The summed E-state index contributed by atoms with van der Waals surface area (Å²) in [4.78, 5) is 16.4. The Balaban J connectivity index is 2.22. The molecule has 10 heteroatoms. The third-order valence-corrected chi connectivity index (χ3v) is 6.21. The topological polar surface area (TPSA) is 97.2 Å². The van der Waals surface area contributed by atoms with Crippen LogP contribution >= 0.6 is 11.6 Å². The van der Waals surface area contributed by atoms with Gasteiger partial charge in [0.1, 0.15) is 12.7 Å². The lowest BCUT2D eigenvalue weighted by molar-refractivity contribution is 0.0936. The SMILES string of the molecule is CCN(CC)S(=O)(=O)c1ccc(Cl)c(C(=O)NC(C)Cn2cncn2)c1. The van der Waals surface area contributed by atoms with Gasteiger partial charge in [-0.05, 0) is 25.1 Å². The van der Waals surface area contributed by atoms with Crippen molar-refractivity contribution < 1.29 is 13.2 Å². The van der Waals surface area contributed by atoms with Crippen molar-refractivity contribution in [3.63, 3.8) is 0 Å². The maximum absolute atomic E-state index is 12.6. The molecule has 0 fully saturated rings. The summed E-state index contributed by atoms with van der Waals surface area (Å²) in [6, 6.07) is 3.90. The van der Waals surface area contributed by atoms with E-state index >= 15 is 0 Å². The van der Waals surface area contributed by atoms with Gasteiger partial charge < -0.3 is 5.32 Å². The van der Waals surface area contributed by atoms with Gasteiger partial charge in [0.25, 0.3) is 5.91 Å². The molecule has 0 spiro atoms. The monoisotopic (exact) mass is 399 g/mol. The molecule has 0 radical (unpaired) electrons. The van der Waals surface area contributed by atoms with Crippen LogP contribution in [-0.4, -0.2) is 52.5 Å². The van der Waals surface area contributed by atoms with Crippen molar-refractivity contribution in [2.24, 2.45) is 0 Å². The van der Waals surface area contributed by atoms with Crippen LogP contribution in [0.3, 0.4) is 0 Å². The molecule has 2 aromatic rings. The van der Waals surface area contributed by atoms with Gasteiger partial charge in [-0.1, -0.05) is 25.4 Å². The zero-order valence-corrected chi connectivity index (χ0v) is 16.5. The Bertz CT molecular complexity index is 851. The van der Waals surface area contributed by atoms with Gasteiger partial charge in [0, 0.05) is 19.1 Å². The summed E-state index contributed by atoms with van der Waals surface area (Å²) in [6.45, 7) is 6.45. The Morgan fingerprint density at radius 3 is 2.62 bits per heavy atom. The van der Waals surface area contributed by atoms with Crippen molar-refractivity contribution in [1.82, 2.24) is 24.4 Å². The number of sulfonamides is 1. The zero-order chi connectivity index (χ0) is 19.3. The van der Waals surface area contributed by atoms with E-state index in [0.29, 0.717) is 19.6 Å². The van der Waals surface area contributed by atoms with Crippen LogP contribution in [0.5, 0.6) is 0 Å². The molecule has 1 aromatic carbocycles. The van der Waals surface area contributed by atoms with Crippen LogP contribution in [-0.2, 0) is 16.6 Å². The number of benzene rings is 1. The Morgan fingerprint density at radius 2 is 2.04 bits per heavy atom. The van der Waals surface area contributed by atoms with Crippen molar-refractivity contribution in [1.29, 1.82) is 0 Å². The summed E-state index contributed by atoms with van der Waals surface area (Å²) < 4.78 is 28.2. The lowest BCUT2D eigenvalue weighted by Gasteiger charge is -2.19. The maximum Gasteiger partial charge on any atom is 0.253 e. The summed E-state index contributed by atoms with van der Waals surface area (Å²) in [5, 5.41) is 6.96. The Kier molecular flexibility index (Phi) is 6.74. The highest BCUT2D eigenvalue weighted by Crippen LogP contribution is 2.23. The highest BCUT2D eigenvalue weighted by molar-refractivity contribution is 7.89. The number of halogens is 1. The van der Waals surface area contributed by atoms with Crippen molar-refractivity contribution in [2.75, 3.05) is 13.1 Å². The first kappa shape index (κ1) is 20.3. The average molecular weight is 400 g/mol. The quantitative estimate of drug-likeness (QED) is 0.729. The van der Waals surface area contributed by atoms with Gasteiger partial charge >= 0.3 is 0 Å². The Labute approximate surface area is 158 Å². The fourth-order valence-electron chi connectivity index (χ4n) is 2.51. The normalized spacial score (nSPS) is 13.0. The molecule has 1 amide bonds. The van der Waals surface area contributed by atoms with E-state index in [0.717, 1.165) is 0 Å². The first-order chi connectivity index (χ1) is 12.3. The molecule has 0 aliphatic heterocycles. The summed E-state index contributed by atoms with van der Waals surface area (Å²) in [6.07, 6.45) is 2.96. The van der Waals surface area contributed by atoms with Crippen molar-refractivity contribution in [2.45, 2.75) is 38.3 Å². The molecular formula is C16H22ClN5O3S.